The molecule has 1 aliphatic rings. The minimum Gasteiger partial charge on any atom is -0.389 e. The van der Waals surface area contributed by atoms with Gasteiger partial charge in [-0.15, -0.1) is 0 Å². The number of likely N-dealkylation sites (N-methyl/N-ethyl adjacent to an activating group) is 1. The third kappa shape index (κ3) is 3.68. The second kappa shape index (κ2) is 7.36. The van der Waals surface area contributed by atoms with Crippen molar-refractivity contribution in [2.75, 3.05) is 18.5 Å². The highest BCUT2D eigenvalue weighted by molar-refractivity contribution is 7.99. The zero-order valence-corrected chi connectivity index (χ0v) is 16.8. The molecule has 25 heavy (non-hydrogen) atoms. The van der Waals surface area contributed by atoms with Gasteiger partial charge in [-0.2, -0.15) is 0 Å². The Morgan fingerprint density at radius 2 is 1.80 bits per heavy atom. The van der Waals surface area contributed by atoms with E-state index in [0.717, 1.165) is 12.1 Å². The summed E-state index contributed by atoms with van der Waals surface area (Å²) in [5, 5.41) is 0. The maximum Gasteiger partial charge on any atom is 0.104 e. The maximum atomic E-state index is 5.88. The van der Waals surface area contributed by atoms with Crippen LogP contribution in [0.15, 0.2) is 52.3 Å². The molecule has 2 aromatic rings. The summed E-state index contributed by atoms with van der Waals surface area (Å²) in [4.78, 5) is 7.79. The van der Waals surface area contributed by atoms with E-state index in [-0.39, 0.29) is 0 Å². The zero-order valence-electron chi connectivity index (χ0n) is 15.2. The number of anilines is 2. The first-order valence-corrected chi connectivity index (χ1v) is 9.81. The molecule has 132 valence electrons. The molecule has 0 amide bonds. The van der Waals surface area contributed by atoms with Gasteiger partial charge in [0.25, 0.3) is 0 Å². The molecular weight excluding hydrogens is 346 g/mol. The number of nitrogens with zero attached hydrogens (tertiary/aromatic N) is 2. The number of hydrogen-bond acceptors (Lipinski definition) is 4. The van der Waals surface area contributed by atoms with Gasteiger partial charge in [-0.05, 0) is 52.1 Å². The first-order valence-electron chi connectivity index (χ1n) is 8.58. The highest BCUT2D eigenvalue weighted by Gasteiger charge is 2.28. The van der Waals surface area contributed by atoms with E-state index in [0.29, 0.717) is 17.1 Å². The van der Waals surface area contributed by atoms with Gasteiger partial charge in [0.05, 0.1) is 11.4 Å². The Hall–Kier alpha value is -1.56. The molecule has 0 saturated heterocycles. The lowest BCUT2D eigenvalue weighted by atomic mass is 10.1. The van der Waals surface area contributed by atoms with E-state index < -0.39 is 0 Å². The number of para-hydroxylation sites is 1. The molecular formula is C20H25N3S2. The minimum absolute atomic E-state index is 0.329. The molecule has 3 rings (SSSR count). The van der Waals surface area contributed by atoms with Crippen LogP contribution in [0.3, 0.4) is 0 Å². The molecule has 1 heterocycles. The van der Waals surface area contributed by atoms with Gasteiger partial charge in [-0.25, -0.2) is 0 Å². The van der Waals surface area contributed by atoms with Gasteiger partial charge in [0.15, 0.2) is 0 Å². The Labute approximate surface area is 160 Å². The molecule has 2 aromatic carbocycles. The number of rotatable bonds is 5. The smallest absolute Gasteiger partial charge is 0.104 e. The van der Waals surface area contributed by atoms with E-state index in [1.165, 1.54) is 21.2 Å². The quantitative estimate of drug-likeness (QED) is 0.773. The molecule has 5 heteroatoms. The molecule has 0 saturated carbocycles. The van der Waals surface area contributed by atoms with E-state index in [9.17, 15) is 0 Å². The molecule has 1 atom stereocenters. The van der Waals surface area contributed by atoms with Gasteiger partial charge in [0.2, 0.25) is 0 Å². The molecule has 0 aromatic heterocycles. The SMILES string of the molecule is CC(C)N(C)CC(C)N1c2ccccc2Sc2ccc(C(N)=S)cc21. The fraction of sp³-hybridized carbons (Fsp3) is 0.350. The third-order valence-electron chi connectivity index (χ3n) is 4.72. The second-order valence-electron chi connectivity index (χ2n) is 6.87. The van der Waals surface area contributed by atoms with Crippen LogP contribution >= 0.6 is 24.0 Å². The van der Waals surface area contributed by atoms with Gasteiger partial charge in [0.1, 0.15) is 4.99 Å². The summed E-state index contributed by atoms with van der Waals surface area (Å²) in [5.41, 5.74) is 9.25. The van der Waals surface area contributed by atoms with Crippen molar-refractivity contribution in [3.63, 3.8) is 0 Å². The molecule has 1 aliphatic heterocycles. The average Bonchev–Trinajstić information content (AvgIpc) is 2.58. The van der Waals surface area contributed by atoms with Gasteiger partial charge in [0, 0.05) is 34.0 Å². The van der Waals surface area contributed by atoms with Crippen molar-refractivity contribution >= 4 is 40.3 Å². The molecule has 0 aliphatic carbocycles. The fourth-order valence-electron chi connectivity index (χ4n) is 3.12. The van der Waals surface area contributed by atoms with Gasteiger partial charge in [-0.3, -0.25) is 0 Å². The summed E-state index contributed by atoms with van der Waals surface area (Å²) in [5.74, 6) is 0. The van der Waals surface area contributed by atoms with Crippen molar-refractivity contribution in [2.45, 2.75) is 42.6 Å². The Morgan fingerprint density at radius 1 is 1.12 bits per heavy atom. The number of benzene rings is 2. The predicted molar refractivity (Wildman–Crippen MR) is 112 cm³/mol. The van der Waals surface area contributed by atoms with E-state index in [1.807, 2.05) is 17.8 Å². The summed E-state index contributed by atoms with van der Waals surface area (Å²) in [6.07, 6.45) is 0. The molecule has 0 radical (unpaired) electrons. The van der Waals surface area contributed by atoms with Crippen LogP contribution in [0.5, 0.6) is 0 Å². The van der Waals surface area contributed by atoms with Crippen LogP contribution in [0.4, 0.5) is 11.4 Å². The Kier molecular flexibility index (Phi) is 5.37. The first-order chi connectivity index (χ1) is 11.9. The minimum atomic E-state index is 0.329. The Balaban J connectivity index is 2.06. The van der Waals surface area contributed by atoms with Crippen molar-refractivity contribution in [3.8, 4) is 0 Å². The van der Waals surface area contributed by atoms with Crippen molar-refractivity contribution in [1.82, 2.24) is 4.90 Å². The summed E-state index contributed by atoms with van der Waals surface area (Å²) in [6.45, 7) is 7.72. The van der Waals surface area contributed by atoms with E-state index in [4.69, 9.17) is 18.0 Å². The summed E-state index contributed by atoms with van der Waals surface area (Å²) in [7, 11) is 2.18. The van der Waals surface area contributed by atoms with E-state index in [2.05, 4.69) is 74.0 Å². The number of thiocarbonyl (C=S) groups is 1. The zero-order chi connectivity index (χ0) is 18.1. The van der Waals surface area contributed by atoms with Crippen LogP contribution in [0, 0.1) is 0 Å². The van der Waals surface area contributed by atoms with Crippen LogP contribution in [-0.2, 0) is 0 Å². The van der Waals surface area contributed by atoms with E-state index >= 15 is 0 Å². The highest BCUT2D eigenvalue weighted by Crippen LogP contribution is 2.49. The van der Waals surface area contributed by atoms with Crippen LogP contribution in [0.2, 0.25) is 0 Å². The molecule has 0 bridgehead atoms. The van der Waals surface area contributed by atoms with Gasteiger partial charge < -0.3 is 15.5 Å². The number of nitrogens with two attached hydrogens (primary N) is 1. The largest absolute Gasteiger partial charge is 0.389 e. The van der Waals surface area contributed by atoms with E-state index in [1.54, 1.807) is 0 Å². The second-order valence-corrected chi connectivity index (χ2v) is 8.39. The predicted octanol–water partition coefficient (Wildman–Crippen LogP) is 4.65. The molecule has 0 spiro atoms. The lowest BCUT2D eigenvalue weighted by Crippen LogP contribution is -2.42. The Bertz CT molecular complexity index is 788. The van der Waals surface area contributed by atoms with Gasteiger partial charge in [-0.1, -0.05) is 42.2 Å². The summed E-state index contributed by atoms with van der Waals surface area (Å²) < 4.78 is 0. The third-order valence-corrected chi connectivity index (χ3v) is 6.09. The van der Waals surface area contributed by atoms with Crippen LogP contribution in [0.25, 0.3) is 0 Å². The number of hydrogen-bond donors (Lipinski definition) is 1. The molecule has 1 unspecified atom stereocenters. The lowest BCUT2D eigenvalue weighted by molar-refractivity contribution is 0.260. The Morgan fingerprint density at radius 3 is 2.48 bits per heavy atom. The standard InChI is InChI=1S/C20H25N3S2/c1-13(2)22(4)12-14(3)23-16-7-5-6-8-18(16)25-19-10-9-15(20(21)24)11-17(19)23/h5-11,13-14H,12H2,1-4H3,(H2,21,24). The fourth-order valence-corrected chi connectivity index (χ4v) is 4.30. The first kappa shape index (κ1) is 18.2. The van der Waals surface area contributed by atoms with Crippen molar-refractivity contribution in [1.29, 1.82) is 0 Å². The average molecular weight is 372 g/mol. The summed E-state index contributed by atoms with van der Waals surface area (Å²) >= 11 is 7.01. The number of fused-ring (bicyclic) bond motifs is 2. The topological polar surface area (TPSA) is 32.5 Å². The maximum absolute atomic E-state index is 5.88. The van der Waals surface area contributed by atoms with Crippen molar-refractivity contribution < 1.29 is 0 Å². The van der Waals surface area contributed by atoms with Crippen molar-refractivity contribution in [2.24, 2.45) is 5.73 Å². The summed E-state index contributed by atoms with van der Waals surface area (Å²) in [6, 6.07) is 15.7. The molecule has 2 N–H and O–H groups in total. The van der Waals surface area contributed by atoms with Gasteiger partial charge >= 0.3 is 0 Å². The highest BCUT2D eigenvalue weighted by atomic mass is 32.2. The monoisotopic (exact) mass is 371 g/mol. The van der Waals surface area contributed by atoms with Crippen LogP contribution in [-0.4, -0.2) is 35.6 Å². The van der Waals surface area contributed by atoms with Crippen molar-refractivity contribution in [3.05, 3.63) is 48.0 Å². The molecule has 0 fully saturated rings. The molecule has 3 nitrogen and oxygen atoms in total. The van der Waals surface area contributed by atoms with Crippen LogP contribution in [0.1, 0.15) is 26.3 Å². The van der Waals surface area contributed by atoms with Crippen LogP contribution < -0.4 is 10.6 Å². The normalized spacial score (nSPS) is 14.4. The lowest BCUT2D eigenvalue weighted by Gasteiger charge is -2.39.